The summed E-state index contributed by atoms with van der Waals surface area (Å²) in [5, 5.41) is 0. The topological polar surface area (TPSA) is 12.5 Å². The molecule has 21 heavy (non-hydrogen) atoms. The fraction of sp³-hybridized carbons (Fsp3) is 0.579. The van der Waals surface area contributed by atoms with E-state index in [1.807, 2.05) is 6.08 Å². The summed E-state index contributed by atoms with van der Waals surface area (Å²) >= 11 is 0. The van der Waals surface area contributed by atoms with Crippen LogP contribution in [-0.2, 0) is 4.74 Å². The van der Waals surface area contributed by atoms with Gasteiger partial charge in [-0.2, -0.15) is 0 Å². The molecule has 3 rings (SSSR count). The maximum atomic E-state index is 5.85. The van der Waals surface area contributed by atoms with E-state index < -0.39 is 0 Å². The average molecular weight is 285 g/mol. The van der Waals surface area contributed by atoms with E-state index in [-0.39, 0.29) is 0 Å². The zero-order valence-corrected chi connectivity index (χ0v) is 13.3. The molecule has 0 amide bonds. The summed E-state index contributed by atoms with van der Waals surface area (Å²) in [6.07, 6.45) is 5.80. The summed E-state index contributed by atoms with van der Waals surface area (Å²) < 4.78 is 5.85. The Hall–Kier alpha value is -1.12. The van der Waals surface area contributed by atoms with Gasteiger partial charge in [0.1, 0.15) is 0 Å². The lowest BCUT2D eigenvalue weighted by Gasteiger charge is -2.43. The Morgan fingerprint density at radius 3 is 2.76 bits per heavy atom. The molecule has 2 aliphatic heterocycles. The van der Waals surface area contributed by atoms with E-state index in [0.717, 1.165) is 12.6 Å². The highest BCUT2D eigenvalue weighted by atomic mass is 16.5. The molecule has 0 N–H and O–H groups in total. The van der Waals surface area contributed by atoms with E-state index in [1.54, 1.807) is 0 Å². The molecule has 1 aromatic rings. The van der Waals surface area contributed by atoms with Crippen LogP contribution in [0.1, 0.15) is 36.3 Å². The Balaban J connectivity index is 1.81. The Labute approximate surface area is 128 Å². The van der Waals surface area contributed by atoms with Crippen LogP contribution in [0.5, 0.6) is 0 Å². The number of nitrogens with zero attached hydrogens (tertiary/aromatic N) is 1. The van der Waals surface area contributed by atoms with Crippen LogP contribution >= 0.6 is 0 Å². The summed E-state index contributed by atoms with van der Waals surface area (Å²) in [6, 6.07) is 10.6. The van der Waals surface area contributed by atoms with Crippen molar-refractivity contribution in [3.8, 4) is 0 Å². The lowest BCUT2D eigenvalue weighted by molar-refractivity contribution is 0.0300. The molecule has 2 nitrogen and oxygen atoms in total. The molecule has 2 heteroatoms. The normalized spacial score (nSPS) is 32.3. The number of ether oxygens (including phenoxy) is 1. The van der Waals surface area contributed by atoms with E-state index in [2.05, 4.69) is 49.7 Å². The van der Waals surface area contributed by atoms with Crippen molar-refractivity contribution in [1.29, 1.82) is 0 Å². The van der Waals surface area contributed by atoms with Crippen molar-refractivity contribution in [3.05, 3.63) is 48.0 Å². The molecule has 0 unspecified atom stereocenters. The van der Waals surface area contributed by atoms with Crippen LogP contribution in [0.4, 0.5) is 0 Å². The summed E-state index contributed by atoms with van der Waals surface area (Å²) in [5.41, 5.74) is 2.84. The lowest BCUT2D eigenvalue weighted by Crippen LogP contribution is -2.47. The third-order valence-corrected chi connectivity index (χ3v) is 5.48. The summed E-state index contributed by atoms with van der Waals surface area (Å²) in [5.74, 6) is 1.25. The van der Waals surface area contributed by atoms with Crippen LogP contribution in [0.25, 0.3) is 0 Å². The third-order valence-electron chi connectivity index (χ3n) is 5.48. The van der Waals surface area contributed by atoms with E-state index in [1.165, 1.54) is 30.4 Å². The fourth-order valence-corrected chi connectivity index (χ4v) is 4.29. The third kappa shape index (κ3) is 2.93. The molecular formula is C19H27NO. The first-order valence-corrected chi connectivity index (χ1v) is 8.18. The average Bonchev–Trinajstić information content (AvgIpc) is 2.73. The highest BCUT2D eigenvalue weighted by Gasteiger charge is 2.45. The zero-order chi connectivity index (χ0) is 14.8. The first kappa shape index (κ1) is 14.8. The van der Waals surface area contributed by atoms with Gasteiger partial charge in [0, 0.05) is 18.0 Å². The second kappa shape index (κ2) is 6.33. The smallest absolute Gasteiger partial charge is 0.0644 e. The van der Waals surface area contributed by atoms with Crippen LogP contribution in [0.3, 0.4) is 0 Å². The standard InChI is InChI=1S/C19H27NO/c1-4-11-21-13-18-17(15-7-5-14(2)6-8-15)12-16-9-10-19(18)20(16)3/h4-8,16-19H,1,9-13H2,2-3H3/t16-,17+,18-,19+/m0/s1. The molecule has 0 aliphatic carbocycles. The van der Waals surface area contributed by atoms with Gasteiger partial charge in [0.05, 0.1) is 13.2 Å². The lowest BCUT2D eigenvalue weighted by atomic mass is 9.76. The number of rotatable bonds is 5. The van der Waals surface area contributed by atoms with E-state index in [9.17, 15) is 0 Å². The minimum Gasteiger partial charge on any atom is -0.377 e. The van der Waals surface area contributed by atoms with Crippen LogP contribution in [-0.4, -0.2) is 37.2 Å². The Bertz CT molecular complexity index is 481. The Kier molecular flexibility index (Phi) is 4.46. The van der Waals surface area contributed by atoms with Crippen molar-refractivity contribution >= 4 is 0 Å². The molecular weight excluding hydrogens is 258 g/mol. The van der Waals surface area contributed by atoms with Crippen molar-refractivity contribution in [1.82, 2.24) is 4.90 Å². The van der Waals surface area contributed by atoms with Gasteiger partial charge < -0.3 is 9.64 Å². The van der Waals surface area contributed by atoms with Gasteiger partial charge in [0.2, 0.25) is 0 Å². The highest BCUT2D eigenvalue weighted by Crippen LogP contribution is 2.46. The summed E-state index contributed by atoms with van der Waals surface area (Å²) in [7, 11) is 2.30. The molecule has 2 saturated heterocycles. The van der Waals surface area contributed by atoms with Crippen molar-refractivity contribution in [2.45, 2.75) is 44.2 Å². The maximum absolute atomic E-state index is 5.85. The van der Waals surface area contributed by atoms with Gasteiger partial charge in [-0.1, -0.05) is 35.9 Å². The fourth-order valence-electron chi connectivity index (χ4n) is 4.29. The van der Waals surface area contributed by atoms with Crippen molar-refractivity contribution in [3.63, 3.8) is 0 Å². The quantitative estimate of drug-likeness (QED) is 0.603. The van der Waals surface area contributed by atoms with Gasteiger partial charge in [0.15, 0.2) is 0 Å². The van der Waals surface area contributed by atoms with Crippen LogP contribution < -0.4 is 0 Å². The molecule has 1 aromatic carbocycles. The first-order chi connectivity index (χ1) is 10.2. The largest absolute Gasteiger partial charge is 0.377 e. The molecule has 114 valence electrons. The van der Waals surface area contributed by atoms with Crippen LogP contribution in [0.15, 0.2) is 36.9 Å². The molecule has 0 saturated carbocycles. The summed E-state index contributed by atoms with van der Waals surface area (Å²) in [6.45, 7) is 7.43. The molecule has 4 atom stereocenters. The number of fused-ring (bicyclic) bond motifs is 2. The molecule has 0 radical (unpaired) electrons. The highest BCUT2D eigenvalue weighted by molar-refractivity contribution is 5.27. The van der Waals surface area contributed by atoms with E-state index in [4.69, 9.17) is 4.74 Å². The van der Waals surface area contributed by atoms with E-state index in [0.29, 0.717) is 24.5 Å². The van der Waals surface area contributed by atoms with Gasteiger partial charge in [-0.3, -0.25) is 0 Å². The minimum atomic E-state index is 0.608. The first-order valence-electron chi connectivity index (χ1n) is 8.18. The molecule has 2 fully saturated rings. The molecule has 2 bridgehead atoms. The van der Waals surface area contributed by atoms with Crippen LogP contribution in [0.2, 0.25) is 0 Å². The van der Waals surface area contributed by atoms with Crippen molar-refractivity contribution in [2.75, 3.05) is 20.3 Å². The number of hydrogen-bond donors (Lipinski definition) is 0. The predicted octanol–water partition coefficient (Wildman–Crippen LogP) is 3.76. The number of piperidine rings is 1. The predicted molar refractivity (Wildman–Crippen MR) is 87.6 cm³/mol. The van der Waals surface area contributed by atoms with Gasteiger partial charge in [-0.15, -0.1) is 6.58 Å². The molecule has 0 aromatic heterocycles. The monoisotopic (exact) mass is 285 g/mol. The Morgan fingerprint density at radius 1 is 1.29 bits per heavy atom. The SMILES string of the molecule is C=CCOC[C@H]1[C@@H](c2ccc(C)cc2)C[C@@H]2CC[C@H]1N2C. The maximum Gasteiger partial charge on any atom is 0.0644 e. The molecule has 0 spiro atoms. The second-order valence-corrected chi connectivity index (χ2v) is 6.71. The molecule has 2 heterocycles. The molecule has 2 aliphatic rings. The Morgan fingerprint density at radius 2 is 2.05 bits per heavy atom. The zero-order valence-electron chi connectivity index (χ0n) is 13.3. The van der Waals surface area contributed by atoms with Crippen molar-refractivity contribution < 1.29 is 4.74 Å². The van der Waals surface area contributed by atoms with Gasteiger partial charge >= 0.3 is 0 Å². The van der Waals surface area contributed by atoms with Gasteiger partial charge in [-0.25, -0.2) is 0 Å². The number of aryl methyl sites for hydroxylation is 1. The summed E-state index contributed by atoms with van der Waals surface area (Å²) in [4.78, 5) is 2.60. The van der Waals surface area contributed by atoms with Gasteiger partial charge in [0.25, 0.3) is 0 Å². The van der Waals surface area contributed by atoms with E-state index >= 15 is 0 Å². The minimum absolute atomic E-state index is 0.608. The van der Waals surface area contributed by atoms with Crippen molar-refractivity contribution in [2.24, 2.45) is 5.92 Å². The number of benzene rings is 1. The van der Waals surface area contributed by atoms with Gasteiger partial charge in [-0.05, 0) is 44.7 Å². The van der Waals surface area contributed by atoms with Crippen LogP contribution in [0, 0.1) is 12.8 Å². The second-order valence-electron chi connectivity index (χ2n) is 6.71. The number of hydrogen-bond acceptors (Lipinski definition) is 2.